The summed E-state index contributed by atoms with van der Waals surface area (Å²) in [6.07, 6.45) is 6.67. The highest BCUT2D eigenvalue weighted by molar-refractivity contribution is 5.11. The Morgan fingerprint density at radius 3 is 2.86 bits per heavy atom. The number of hydrogen-bond acceptors (Lipinski definition) is 5. The Balaban J connectivity index is 1.72. The van der Waals surface area contributed by atoms with E-state index in [0.717, 1.165) is 31.0 Å². The molecule has 0 amide bonds. The van der Waals surface area contributed by atoms with Crippen LogP contribution in [0.25, 0.3) is 0 Å². The zero-order valence-corrected chi connectivity index (χ0v) is 13.0. The van der Waals surface area contributed by atoms with Gasteiger partial charge < -0.3 is 10.1 Å². The Hall–Kier alpha value is -1.89. The molecule has 0 atom stereocenters. The SMILES string of the molecule is CCCn1cc(OCCn2cc(CNC(C)C)nn2)cn1. The molecular weight excluding hydrogens is 268 g/mol. The molecule has 21 heavy (non-hydrogen) atoms. The van der Waals surface area contributed by atoms with Crippen LogP contribution in [0.3, 0.4) is 0 Å². The first-order chi connectivity index (χ1) is 10.2. The minimum absolute atomic E-state index is 0.443. The molecular formula is C14H24N6O. The van der Waals surface area contributed by atoms with E-state index in [1.807, 2.05) is 17.1 Å². The molecule has 1 N–H and O–H groups in total. The zero-order valence-electron chi connectivity index (χ0n) is 13.0. The fourth-order valence-corrected chi connectivity index (χ4v) is 1.87. The van der Waals surface area contributed by atoms with Crippen LogP contribution < -0.4 is 10.1 Å². The third kappa shape index (κ3) is 5.18. The predicted molar refractivity (Wildman–Crippen MR) is 80.0 cm³/mol. The Morgan fingerprint density at radius 2 is 2.10 bits per heavy atom. The minimum atomic E-state index is 0.443. The van der Waals surface area contributed by atoms with E-state index < -0.39 is 0 Å². The van der Waals surface area contributed by atoms with E-state index in [9.17, 15) is 0 Å². The lowest BCUT2D eigenvalue weighted by Crippen LogP contribution is -2.21. The van der Waals surface area contributed by atoms with Crippen LogP contribution in [0.2, 0.25) is 0 Å². The summed E-state index contributed by atoms with van der Waals surface area (Å²) in [5.74, 6) is 0.797. The van der Waals surface area contributed by atoms with Crippen molar-refractivity contribution < 1.29 is 4.74 Å². The quantitative estimate of drug-likeness (QED) is 0.758. The van der Waals surface area contributed by atoms with E-state index >= 15 is 0 Å². The number of hydrogen-bond donors (Lipinski definition) is 1. The van der Waals surface area contributed by atoms with Crippen LogP contribution in [0.1, 0.15) is 32.9 Å². The summed E-state index contributed by atoms with van der Waals surface area (Å²) >= 11 is 0. The van der Waals surface area contributed by atoms with Gasteiger partial charge in [0.15, 0.2) is 5.75 Å². The topological polar surface area (TPSA) is 69.8 Å². The van der Waals surface area contributed by atoms with Gasteiger partial charge in [-0.3, -0.25) is 4.68 Å². The summed E-state index contributed by atoms with van der Waals surface area (Å²) in [6, 6.07) is 0.443. The van der Waals surface area contributed by atoms with E-state index in [-0.39, 0.29) is 0 Å². The van der Waals surface area contributed by atoms with Crippen LogP contribution in [-0.2, 0) is 19.6 Å². The van der Waals surface area contributed by atoms with Crippen molar-refractivity contribution in [3.8, 4) is 5.75 Å². The minimum Gasteiger partial charge on any atom is -0.488 e. The summed E-state index contributed by atoms with van der Waals surface area (Å²) < 4.78 is 9.35. The predicted octanol–water partition coefficient (Wildman–Crippen LogP) is 1.46. The number of nitrogens with one attached hydrogen (secondary N) is 1. The monoisotopic (exact) mass is 292 g/mol. The van der Waals surface area contributed by atoms with Gasteiger partial charge in [-0.25, -0.2) is 4.68 Å². The third-order valence-electron chi connectivity index (χ3n) is 2.93. The number of rotatable bonds is 9. The van der Waals surface area contributed by atoms with Gasteiger partial charge in [-0.1, -0.05) is 26.0 Å². The first kappa shape index (κ1) is 15.5. The first-order valence-electron chi connectivity index (χ1n) is 7.45. The van der Waals surface area contributed by atoms with Crippen molar-refractivity contribution in [1.29, 1.82) is 0 Å². The molecule has 0 spiro atoms. The summed E-state index contributed by atoms with van der Waals surface area (Å²) in [7, 11) is 0. The van der Waals surface area contributed by atoms with Gasteiger partial charge in [0.25, 0.3) is 0 Å². The second kappa shape index (κ2) is 7.78. The maximum absolute atomic E-state index is 5.66. The van der Waals surface area contributed by atoms with Gasteiger partial charge in [0, 0.05) is 25.3 Å². The van der Waals surface area contributed by atoms with Gasteiger partial charge >= 0.3 is 0 Å². The van der Waals surface area contributed by atoms with Gasteiger partial charge in [0.1, 0.15) is 6.61 Å². The van der Waals surface area contributed by atoms with E-state index in [1.165, 1.54) is 0 Å². The van der Waals surface area contributed by atoms with Crippen LogP contribution >= 0.6 is 0 Å². The smallest absolute Gasteiger partial charge is 0.157 e. The summed E-state index contributed by atoms with van der Waals surface area (Å²) in [6.45, 7) is 9.22. The van der Waals surface area contributed by atoms with Gasteiger partial charge in [-0.2, -0.15) is 5.10 Å². The number of aromatic nitrogens is 5. The molecule has 116 valence electrons. The van der Waals surface area contributed by atoms with Gasteiger partial charge in [0.05, 0.1) is 24.6 Å². The normalized spacial score (nSPS) is 11.2. The molecule has 0 bridgehead atoms. The fraction of sp³-hybridized carbons (Fsp3) is 0.643. The summed E-state index contributed by atoms with van der Waals surface area (Å²) in [5, 5.41) is 15.7. The van der Waals surface area contributed by atoms with Crippen LogP contribution in [-0.4, -0.2) is 37.4 Å². The Bertz CT molecular complexity index is 533. The molecule has 0 aliphatic carbocycles. The van der Waals surface area contributed by atoms with Crippen LogP contribution in [0.5, 0.6) is 5.75 Å². The van der Waals surface area contributed by atoms with Crippen molar-refractivity contribution in [3.05, 3.63) is 24.3 Å². The van der Waals surface area contributed by atoms with E-state index in [0.29, 0.717) is 19.2 Å². The van der Waals surface area contributed by atoms with Crippen LogP contribution in [0.15, 0.2) is 18.6 Å². The molecule has 0 radical (unpaired) electrons. The molecule has 0 aliphatic heterocycles. The maximum atomic E-state index is 5.66. The third-order valence-corrected chi connectivity index (χ3v) is 2.93. The standard InChI is InChI=1S/C14H24N6O/c1-4-5-19-11-14(9-16-19)21-7-6-20-10-13(17-18-20)8-15-12(2)3/h9-12,15H,4-8H2,1-3H3. The summed E-state index contributed by atoms with van der Waals surface area (Å²) in [5.41, 5.74) is 0.944. The zero-order chi connectivity index (χ0) is 15.1. The van der Waals surface area contributed by atoms with Crippen molar-refractivity contribution in [1.82, 2.24) is 30.1 Å². The molecule has 7 heteroatoms. The molecule has 0 unspecified atom stereocenters. The lowest BCUT2D eigenvalue weighted by Gasteiger charge is -2.04. The Labute approximate surface area is 125 Å². The molecule has 0 aromatic carbocycles. The van der Waals surface area contributed by atoms with E-state index in [1.54, 1.807) is 10.9 Å². The van der Waals surface area contributed by atoms with Crippen molar-refractivity contribution in [2.24, 2.45) is 0 Å². The molecule has 0 aliphatic rings. The highest BCUT2D eigenvalue weighted by Gasteiger charge is 2.03. The Kier molecular flexibility index (Phi) is 5.74. The van der Waals surface area contributed by atoms with Crippen molar-refractivity contribution in [2.45, 2.75) is 52.9 Å². The average Bonchev–Trinajstić information content (AvgIpc) is 3.07. The molecule has 0 saturated carbocycles. The highest BCUT2D eigenvalue weighted by atomic mass is 16.5. The average molecular weight is 292 g/mol. The van der Waals surface area contributed by atoms with Crippen LogP contribution in [0.4, 0.5) is 0 Å². The lowest BCUT2D eigenvalue weighted by molar-refractivity contribution is 0.289. The molecule has 2 aromatic heterocycles. The second-order valence-electron chi connectivity index (χ2n) is 5.30. The molecule has 0 saturated heterocycles. The second-order valence-corrected chi connectivity index (χ2v) is 5.30. The summed E-state index contributed by atoms with van der Waals surface area (Å²) in [4.78, 5) is 0. The first-order valence-corrected chi connectivity index (χ1v) is 7.45. The fourth-order valence-electron chi connectivity index (χ4n) is 1.87. The number of aryl methyl sites for hydroxylation is 1. The Morgan fingerprint density at radius 1 is 1.24 bits per heavy atom. The van der Waals surface area contributed by atoms with E-state index in [4.69, 9.17) is 4.74 Å². The van der Waals surface area contributed by atoms with Crippen LogP contribution in [0, 0.1) is 0 Å². The van der Waals surface area contributed by atoms with Gasteiger partial charge in [-0.15, -0.1) is 5.10 Å². The lowest BCUT2D eigenvalue weighted by atomic mass is 10.3. The van der Waals surface area contributed by atoms with Crippen molar-refractivity contribution in [3.63, 3.8) is 0 Å². The molecule has 2 heterocycles. The van der Waals surface area contributed by atoms with Crippen molar-refractivity contribution >= 4 is 0 Å². The molecule has 7 nitrogen and oxygen atoms in total. The highest BCUT2D eigenvalue weighted by Crippen LogP contribution is 2.08. The maximum Gasteiger partial charge on any atom is 0.157 e. The molecule has 2 rings (SSSR count). The molecule has 0 fully saturated rings. The number of ether oxygens (including phenoxy) is 1. The van der Waals surface area contributed by atoms with E-state index in [2.05, 4.69) is 41.5 Å². The largest absolute Gasteiger partial charge is 0.488 e. The van der Waals surface area contributed by atoms with Crippen molar-refractivity contribution in [2.75, 3.05) is 6.61 Å². The number of nitrogens with zero attached hydrogens (tertiary/aromatic N) is 5. The van der Waals surface area contributed by atoms with Gasteiger partial charge in [-0.05, 0) is 6.42 Å². The van der Waals surface area contributed by atoms with Gasteiger partial charge in [0.2, 0.25) is 0 Å². The molecule has 2 aromatic rings.